The van der Waals surface area contributed by atoms with Gasteiger partial charge >= 0.3 is 0 Å². The fourth-order valence-corrected chi connectivity index (χ4v) is 2.99. The minimum Gasteiger partial charge on any atom is -0.372 e. The van der Waals surface area contributed by atoms with E-state index in [4.69, 9.17) is 5.73 Å². The second-order valence-electron chi connectivity index (χ2n) is 5.89. The number of anilines is 1. The number of nitrogens with two attached hydrogens (primary N) is 1. The Morgan fingerprint density at radius 2 is 1.95 bits per heavy atom. The zero-order valence-corrected chi connectivity index (χ0v) is 13.0. The molecule has 0 aliphatic heterocycles. The molecule has 1 aromatic rings. The van der Waals surface area contributed by atoms with Crippen molar-refractivity contribution in [3.8, 4) is 0 Å². The van der Waals surface area contributed by atoms with Crippen LogP contribution >= 0.6 is 0 Å². The average molecular weight is 289 g/mol. The topological polar surface area (TPSA) is 58.4 Å². The zero-order chi connectivity index (χ0) is 15.1. The maximum atomic E-state index is 12.1. The monoisotopic (exact) mass is 289 g/mol. The molecule has 1 aliphatic rings. The molecule has 21 heavy (non-hydrogen) atoms. The van der Waals surface area contributed by atoms with Crippen molar-refractivity contribution in [3.05, 3.63) is 30.3 Å². The van der Waals surface area contributed by atoms with Crippen LogP contribution in [-0.2, 0) is 4.79 Å². The first kappa shape index (κ1) is 15.8. The van der Waals surface area contributed by atoms with Crippen LogP contribution < -0.4 is 16.0 Å². The van der Waals surface area contributed by atoms with Crippen LogP contribution in [0.3, 0.4) is 0 Å². The highest BCUT2D eigenvalue weighted by molar-refractivity contribution is 5.86. The summed E-state index contributed by atoms with van der Waals surface area (Å²) in [7, 11) is 0. The van der Waals surface area contributed by atoms with E-state index < -0.39 is 5.54 Å². The van der Waals surface area contributed by atoms with Crippen molar-refractivity contribution in [2.24, 2.45) is 5.73 Å². The summed E-state index contributed by atoms with van der Waals surface area (Å²) < 4.78 is 0. The van der Waals surface area contributed by atoms with E-state index in [1.165, 1.54) is 5.69 Å². The molecule has 4 heteroatoms. The summed E-state index contributed by atoms with van der Waals surface area (Å²) in [5.41, 5.74) is 6.77. The molecule has 0 spiro atoms. The second-order valence-corrected chi connectivity index (χ2v) is 5.89. The molecule has 3 N–H and O–H groups in total. The number of carbonyl (C=O) groups excluding carboxylic acids is 1. The van der Waals surface area contributed by atoms with Gasteiger partial charge in [-0.25, -0.2) is 0 Å². The number of nitrogens with one attached hydrogen (secondary N) is 1. The first-order chi connectivity index (χ1) is 10.2. The zero-order valence-electron chi connectivity index (χ0n) is 13.0. The van der Waals surface area contributed by atoms with Crippen molar-refractivity contribution in [2.75, 3.05) is 24.5 Å². The first-order valence-corrected chi connectivity index (χ1v) is 8.03. The van der Waals surface area contributed by atoms with Gasteiger partial charge in [-0.15, -0.1) is 0 Å². The summed E-state index contributed by atoms with van der Waals surface area (Å²) in [6.45, 7) is 4.76. The predicted molar refractivity (Wildman–Crippen MR) is 87.3 cm³/mol. The molecule has 1 aromatic carbocycles. The summed E-state index contributed by atoms with van der Waals surface area (Å²) in [4.78, 5) is 14.4. The molecule has 4 nitrogen and oxygen atoms in total. The quantitative estimate of drug-likeness (QED) is 0.757. The van der Waals surface area contributed by atoms with Gasteiger partial charge in [0.2, 0.25) is 5.91 Å². The number of hydrogen-bond donors (Lipinski definition) is 2. The average Bonchev–Trinajstić information content (AvgIpc) is 2.96. The van der Waals surface area contributed by atoms with Gasteiger partial charge in [-0.2, -0.15) is 0 Å². The maximum Gasteiger partial charge on any atom is 0.240 e. The number of rotatable bonds is 7. The lowest BCUT2D eigenvalue weighted by molar-refractivity contribution is -0.126. The lowest BCUT2D eigenvalue weighted by atomic mass is 9.98. The van der Waals surface area contributed by atoms with Crippen molar-refractivity contribution >= 4 is 11.6 Å². The number of carbonyl (C=O) groups is 1. The molecular weight excluding hydrogens is 262 g/mol. The van der Waals surface area contributed by atoms with Gasteiger partial charge in [-0.05, 0) is 38.3 Å². The van der Waals surface area contributed by atoms with E-state index in [1.807, 2.05) is 6.07 Å². The van der Waals surface area contributed by atoms with E-state index in [0.717, 1.165) is 45.2 Å². The van der Waals surface area contributed by atoms with Gasteiger partial charge in [-0.1, -0.05) is 31.0 Å². The Morgan fingerprint density at radius 3 is 2.57 bits per heavy atom. The van der Waals surface area contributed by atoms with Gasteiger partial charge in [-0.3, -0.25) is 4.79 Å². The van der Waals surface area contributed by atoms with E-state index in [9.17, 15) is 4.79 Å². The molecule has 1 saturated carbocycles. The minimum absolute atomic E-state index is 0.0303. The summed E-state index contributed by atoms with van der Waals surface area (Å²) in [6, 6.07) is 10.4. The van der Waals surface area contributed by atoms with Crippen LogP contribution in [0.25, 0.3) is 0 Å². The highest BCUT2D eigenvalue weighted by Gasteiger charge is 2.36. The maximum absolute atomic E-state index is 12.1. The molecule has 116 valence electrons. The third-order valence-electron chi connectivity index (χ3n) is 4.34. The smallest absolute Gasteiger partial charge is 0.240 e. The number of amides is 1. The molecule has 0 bridgehead atoms. The van der Waals surface area contributed by atoms with Gasteiger partial charge in [0, 0.05) is 25.3 Å². The summed E-state index contributed by atoms with van der Waals surface area (Å²) in [6.07, 6.45) is 4.72. The lowest BCUT2D eigenvalue weighted by Crippen LogP contribution is -2.52. The molecule has 0 radical (unpaired) electrons. The molecule has 0 saturated heterocycles. The van der Waals surface area contributed by atoms with Crippen molar-refractivity contribution in [3.63, 3.8) is 0 Å². The van der Waals surface area contributed by atoms with Crippen molar-refractivity contribution in [1.29, 1.82) is 0 Å². The van der Waals surface area contributed by atoms with Crippen molar-refractivity contribution < 1.29 is 4.79 Å². The number of benzene rings is 1. The second kappa shape index (κ2) is 7.46. The van der Waals surface area contributed by atoms with Crippen LogP contribution in [0.15, 0.2) is 30.3 Å². The van der Waals surface area contributed by atoms with Crippen LogP contribution in [0.4, 0.5) is 5.69 Å². The van der Waals surface area contributed by atoms with E-state index in [0.29, 0.717) is 6.54 Å². The number of nitrogens with zero attached hydrogens (tertiary/aromatic N) is 1. The largest absolute Gasteiger partial charge is 0.372 e. The van der Waals surface area contributed by atoms with E-state index in [-0.39, 0.29) is 5.91 Å². The summed E-state index contributed by atoms with van der Waals surface area (Å²) in [5, 5.41) is 3.01. The molecule has 0 heterocycles. The van der Waals surface area contributed by atoms with E-state index in [1.54, 1.807) is 0 Å². The highest BCUT2D eigenvalue weighted by Crippen LogP contribution is 2.27. The van der Waals surface area contributed by atoms with Crippen LogP contribution in [0, 0.1) is 0 Å². The number of hydrogen-bond acceptors (Lipinski definition) is 3. The Hall–Kier alpha value is -1.55. The van der Waals surface area contributed by atoms with Crippen molar-refractivity contribution in [1.82, 2.24) is 5.32 Å². The third kappa shape index (κ3) is 4.21. The molecule has 1 fully saturated rings. The summed E-state index contributed by atoms with van der Waals surface area (Å²) in [5.74, 6) is 0.0303. The van der Waals surface area contributed by atoms with Crippen LogP contribution in [0.1, 0.15) is 39.0 Å². The highest BCUT2D eigenvalue weighted by atomic mass is 16.2. The van der Waals surface area contributed by atoms with Gasteiger partial charge < -0.3 is 16.0 Å². The first-order valence-electron chi connectivity index (χ1n) is 8.03. The summed E-state index contributed by atoms with van der Waals surface area (Å²) >= 11 is 0. The third-order valence-corrected chi connectivity index (χ3v) is 4.34. The van der Waals surface area contributed by atoms with Crippen LogP contribution in [-0.4, -0.2) is 31.1 Å². The fraction of sp³-hybridized carbons (Fsp3) is 0.588. The molecule has 1 amide bonds. The predicted octanol–water partition coefficient (Wildman–Crippen LogP) is 2.29. The Morgan fingerprint density at radius 1 is 1.29 bits per heavy atom. The SMILES string of the molecule is CCN(CCCNC(=O)C1(N)CCCC1)c1ccccc1. The van der Waals surface area contributed by atoms with Gasteiger partial charge in [0.05, 0.1) is 5.54 Å². The Bertz CT molecular complexity index is 441. The van der Waals surface area contributed by atoms with E-state index in [2.05, 4.69) is 41.4 Å². The molecule has 1 aliphatic carbocycles. The number of para-hydroxylation sites is 1. The van der Waals surface area contributed by atoms with Crippen LogP contribution in [0.5, 0.6) is 0 Å². The molecular formula is C17H27N3O. The molecule has 0 aromatic heterocycles. The van der Waals surface area contributed by atoms with Crippen LogP contribution in [0.2, 0.25) is 0 Å². The molecule has 0 atom stereocenters. The Kier molecular flexibility index (Phi) is 5.62. The molecule has 0 unspecified atom stereocenters. The van der Waals surface area contributed by atoms with Crippen molar-refractivity contribution in [2.45, 2.75) is 44.6 Å². The lowest BCUT2D eigenvalue weighted by Gasteiger charge is -2.25. The van der Waals surface area contributed by atoms with Gasteiger partial charge in [0.1, 0.15) is 0 Å². The standard InChI is InChI=1S/C17H27N3O/c1-2-20(15-9-4-3-5-10-15)14-8-13-19-16(21)17(18)11-6-7-12-17/h3-5,9-10H,2,6-8,11-14,18H2,1H3,(H,19,21). The minimum atomic E-state index is -0.607. The fourth-order valence-electron chi connectivity index (χ4n) is 2.99. The molecule has 2 rings (SSSR count). The Labute approximate surface area is 127 Å². The Balaban J connectivity index is 1.72. The van der Waals surface area contributed by atoms with E-state index >= 15 is 0 Å². The normalized spacial score (nSPS) is 16.7. The van der Waals surface area contributed by atoms with Gasteiger partial charge in [0.25, 0.3) is 0 Å². The van der Waals surface area contributed by atoms with Gasteiger partial charge in [0.15, 0.2) is 0 Å².